The average molecular weight is 288 g/mol. The maximum absolute atomic E-state index is 13.4. The molecule has 0 radical (unpaired) electrons. The molecule has 21 heavy (non-hydrogen) atoms. The first kappa shape index (κ1) is 14.1. The Morgan fingerprint density at radius 1 is 1.38 bits per heavy atom. The van der Waals surface area contributed by atoms with E-state index in [1.165, 1.54) is 18.6 Å². The predicted octanol–water partition coefficient (Wildman–Crippen LogP) is 3.68. The third-order valence-corrected chi connectivity index (χ3v) is 4.36. The van der Waals surface area contributed by atoms with Gasteiger partial charge in [-0.25, -0.2) is 4.39 Å². The fraction of sp³-hybridized carbons (Fsp3) is 0.412. The van der Waals surface area contributed by atoms with E-state index < -0.39 is 0 Å². The lowest BCUT2D eigenvalue weighted by Crippen LogP contribution is -2.30. The van der Waals surface area contributed by atoms with Crippen LogP contribution in [-0.4, -0.2) is 13.6 Å². The lowest BCUT2D eigenvalue weighted by molar-refractivity contribution is 0.426. The summed E-state index contributed by atoms with van der Waals surface area (Å²) in [5.74, 6) is 2.90. The number of nitrogens with two attached hydrogens (primary N) is 1. The lowest BCUT2D eigenvalue weighted by atomic mass is 10.1. The third kappa shape index (κ3) is 2.81. The van der Waals surface area contributed by atoms with Crippen molar-refractivity contribution in [1.29, 1.82) is 0 Å². The fourth-order valence-corrected chi connectivity index (χ4v) is 2.81. The normalized spacial score (nSPS) is 22.1. The zero-order chi connectivity index (χ0) is 15.0. The predicted molar refractivity (Wildman–Crippen MR) is 81.8 cm³/mol. The van der Waals surface area contributed by atoms with Crippen LogP contribution in [0.4, 0.5) is 10.1 Å². The number of rotatable bonds is 5. The Morgan fingerprint density at radius 3 is 2.76 bits per heavy atom. The Labute approximate surface area is 124 Å². The number of furan rings is 1. The van der Waals surface area contributed by atoms with Crippen molar-refractivity contribution in [3.63, 3.8) is 0 Å². The van der Waals surface area contributed by atoms with Crippen LogP contribution in [0.15, 0.2) is 40.8 Å². The van der Waals surface area contributed by atoms with Gasteiger partial charge in [0.15, 0.2) is 0 Å². The topological polar surface area (TPSA) is 42.4 Å². The molecule has 1 aliphatic carbocycles. The molecule has 0 saturated heterocycles. The van der Waals surface area contributed by atoms with Crippen molar-refractivity contribution in [1.82, 2.24) is 0 Å². The Kier molecular flexibility index (Phi) is 3.72. The van der Waals surface area contributed by atoms with Crippen molar-refractivity contribution >= 4 is 5.69 Å². The molecule has 0 amide bonds. The van der Waals surface area contributed by atoms with Crippen LogP contribution in [0.25, 0.3) is 0 Å². The molecule has 3 atom stereocenters. The molecule has 0 bridgehead atoms. The molecule has 2 N–H and O–H groups in total. The van der Waals surface area contributed by atoms with Crippen LogP contribution >= 0.6 is 0 Å². The van der Waals surface area contributed by atoms with Gasteiger partial charge in [0.2, 0.25) is 0 Å². The Hall–Kier alpha value is -1.81. The van der Waals surface area contributed by atoms with E-state index in [0.717, 1.165) is 17.2 Å². The van der Waals surface area contributed by atoms with Crippen LogP contribution in [0.3, 0.4) is 0 Å². The van der Waals surface area contributed by atoms with Gasteiger partial charge in [-0.3, -0.25) is 0 Å². The highest BCUT2D eigenvalue weighted by Crippen LogP contribution is 2.47. The van der Waals surface area contributed by atoms with Crippen molar-refractivity contribution in [3.8, 4) is 0 Å². The molecule has 1 aromatic heterocycles. The van der Waals surface area contributed by atoms with Gasteiger partial charge in [-0.05, 0) is 42.7 Å². The first-order valence-electron chi connectivity index (χ1n) is 7.38. The van der Waals surface area contributed by atoms with E-state index in [-0.39, 0.29) is 11.9 Å². The van der Waals surface area contributed by atoms with E-state index in [1.807, 2.05) is 30.1 Å². The molecule has 4 heteroatoms. The highest BCUT2D eigenvalue weighted by Gasteiger charge is 2.37. The Bertz CT molecular complexity index is 625. The molecule has 1 fully saturated rings. The zero-order valence-electron chi connectivity index (χ0n) is 12.4. The van der Waals surface area contributed by atoms with E-state index >= 15 is 0 Å². The largest absolute Gasteiger partial charge is 0.464 e. The smallest absolute Gasteiger partial charge is 0.127 e. The second kappa shape index (κ2) is 5.53. The third-order valence-electron chi connectivity index (χ3n) is 4.36. The van der Waals surface area contributed by atoms with Gasteiger partial charge in [-0.1, -0.05) is 13.0 Å². The van der Waals surface area contributed by atoms with E-state index in [2.05, 4.69) is 6.92 Å². The van der Waals surface area contributed by atoms with Crippen molar-refractivity contribution in [2.24, 2.45) is 11.7 Å². The quantitative estimate of drug-likeness (QED) is 0.912. The molecule has 3 rings (SSSR count). The Morgan fingerprint density at radius 2 is 2.14 bits per heavy atom. The molecule has 0 spiro atoms. The van der Waals surface area contributed by atoms with Crippen LogP contribution in [0, 0.1) is 11.7 Å². The van der Waals surface area contributed by atoms with Crippen LogP contribution in [-0.2, 0) is 0 Å². The van der Waals surface area contributed by atoms with E-state index in [4.69, 9.17) is 10.2 Å². The number of likely N-dealkylation sites (N-methyl/N-ethyl adjacent to an activating group) is 1. The monoisotopic (exact) mass is 288 g/mol. The van der Waals surface area contributed by atoms with Crippen LogP contribution in [0.1, 0.15) is 36.8 Å². The minimum atomic E-state index is -0.248. The molecule has 2 aromatic rings. The number of anilines is 1. The van der Waals surface area contributed by atoms with E-state index in [9.17, 15) is 4.39 Å². The summed E-state index contributed by atoms with van der Waals surface area (Å²) < 4.78 is 19.4. The molecule has 112 valence electrons. The maximum Gasteiger partial charge on any atom is 0.127 e. The number of hydrogen-bond donors (Lipinski definition) is 1. The van der Waals surface area contributed by atoms with Gasteiger partial charge in [0.05, 0.1) is 6.04 Å². The summed E-state index contributed by atoms with van der Waals surface area (Å²) in [6.07, 6.45) is 1.19. The molecule has 1 aliphatic rings. The number of nitrogens with zero attached hydrogens (tertiary/aromatic N) is 1. The molecule has 1 heterocycles. The summed E-state index contributed by atoms with van der Waals surface area (Å²) in [6.45, 7) is 2.65. The van der Waals surface area contributed by atoms with Crippen molar-refractivity contribution in [3.05, 3.63) is 53.7 Å². The summed E-state index contributed by atoms with van der Waals surface area (Å²) in [6, 6.07) is 10.5. The van der Waals surface area contributed by atoms with Gasteiger partial charge in [0.25, 0.3) is 0 Å². The summed E-state index contributed by atoms with van der Waals surface area (Å²) in [5, 5.41) is 0. The van der Waals surface area contributed by atoms with Gasteiger partial charge < -0.3 is 15.1 Å². The van der Waals surface area contributed by atoms with Gasteiger partial charge in [0.1, 0.15) is 17.3 Å². The molecular formula is C17H21FN2O. The van der Waals surface area contributed by atoms with E-state index in [0.29, 0.717) is 18.4 Å². The van der Waals surface area contributed by atoms with Crippen molar-refractivity contribution in [2.45, 2.75) is 25.3 Å². The lowest BCUT2D eigenvalue weighted by Gasteiger charge is -2.27. The molecule has 3 nitrogen and oxygen atoms in total. The van der Waals surface area contributed by atoms with Gasteiger partial charge in [-0.2, -0.15) is 0 Å². The number of benzene rings is 1. The minimum Gasteiger partial charge on any atom is -0.464 e. The van der Waals surface area contributed by atoms with Gasteiger partial charge in [0, 0.05) is 25.2 Å². The number of halogens is 1. The highest BCUT2D eigenvalue weighted by atomic mass is 19.1. The maximum atomic E-state index is 13.4. The van der Waals surface area contributed by atoms with E-state index in [1.54, 1.807) is 6.07 Å². The molecule has 3 unspecified atom stereocenters. The van der Waals surface area contributed by atoms with Gasteiger partial charge >= 0.3 is 0 Å². The molecular weight excluding hydrogens is 267 g/mol. The average Bonchev–Trinajstić information content (AvgIpc) is 3.00. The fourth-order valence-electron chi connectivity index (χ4n) is 2.81. The second-order valence-electron chi connectivity index (χ2n) is 5.90. The summed E-state index contributed by atoms with van der Waals surface area (Å²) in [5.41, 5.74) is 6.71. The molecule has 1 aromatic carbocycles. The second-order valence-corrected chi connectivity index (χ2v) is 5.90. The first-order valence-corrected chi connectivity index (χ1v) is 7.38. The highest BCUT2D eigenvalue weighted by molar-refractivity contribution is 5.47. The summed E-state index contributed by atoms with van der Waals surface area (Å²) in [4.78, 5) is 1.96. The van der Waals surface area contributed by atoms with Crippen molar-refractivity contribution in [2.75, 3.05) is 18.5 Å². The zero-order valence-corrected chi connectivity index (χ0v) is 12.4. The SMILES string of the molecule is CC1CC1c1ccc(C(CN)N(C)c2cccc(F)c2)o1. The Balaban J connectivity index is 1.82. The van der Waals surface area contributed by atoms with Crippen LogP contribution < -0.4 is 10.6 Å². The molecule has 0 aliphatic heterocycles. The standard InChI is InChI=1S/C17H21FN2O/c1-11-8-14(11)16-6-7-17(21-16)15(10-19)20(2)13-5-3-4-12(18)9-13/h3-7,9,11,14-15H,8,10,19H2,1-2H3. The van der Waals surface area contributed by atoms with Crippen LogP contribution in [0.5, 0.6) is 0 Å². The van der Waals surface area contributed by atoms with Crippen molar-refractivity contribution < 1.29 is 8.81 Å². The number of hydrogen-bond acceptors (Lipinski definition) is 3. The van der Waals surface area contributed by atoms with Gasteiger partial charge in [-0.15, -0.1) is 0 Å². The summed E-state index contributed by atoms with van der Waals surface area (Å²) >= 11 is 0. The van der Waals surface area contributed by atoms with Crippen LogP contribution in [0.2, 0.25) is 0 Å². The first-order chi connectivity index (χ1) is 10.1. The summed E-state index contributed by atoms with van der Waals surface area (Å²) in [7, 11) is 1.91. The minimum absolute atomic E-state index is 0.0883. The molecule has 1 saturated carbocycles.